The largest absolute Gasteiger partial charge is 0.304 e. The van der Waals surface area contributed by atoms with Crippen LogP contribution in [0.1, 0.15) is 0 Å². The highest BCUT2D eigenvalue weighted by Crippen LogP contribution is 2.44. The summed E-state index contributed by atoms with van der Waals surface area (Å²) < 4.78 is 33.8. The van der Waals surface area contributed by atoms with Crippen molar-refractivity contribution >= 4 is 67.8 Å². The van der Waals surface area contributed by atoms with E-state index in [2.05, 4.69) is 0 Å². The van der Waals surface area contributed by atoms with Crippen LogP contribution < -0.4 is 0 Å². The Morgan fingerprint density at radius 3 is 1.33 bits per heavy atom. The van der Waals surface area contributed by atoms with Gasteiger partial charge in [-0.15, -0.1) is 0 Å². The molecule has 0 spiro atoms. The van der Waals surface area contributed by atoms with E-state index in [-0.39, 0.29) is 0 Å². The third kappa shape index (κ3) is 4.22. The molecule has 0 unspecified atom stereocenters. The zero-order valence-electron chi connectivity index (χ0n) is 3.77. The topological polar surface area (TPSA) is 0 Å². The summed E-state index contributed by atoms with van der Waals surface area (Å²) in [4.78, 5) is 0. The Labute approximate surface area is 91.1 Å². The highest BCUT2D eigenvalue weighted by atomic mass is 127. The van der Waals surface area contributed by atoms with Crippen LogP contribution in [0.3, 0.4) is 0 Å². The average molecular weight is 474 g/mol. The molecule has 0 saturated carbocycles. The van der Waals surface area contributed by atoms with Crippen LogP contribution in [0, 0.1) is 0 Å². The van der Waals surface area contributed by atoms with E-state index in [1.807, 2.05) is 0 Å². The summed E-state index contributed by atoms with van der Waals surface area (Å²) in [7, 11) is 0. The lowest BCUT2D eigenvalue weighted by Gasteiger charge is -2.06. The van der Waals surface area contributed by atoms with E-state index in [0.29, 0.717) is 0 Å². The van der Waals surface area contributed by atoms with Crippen molar-refractivity contribution in [1.29, 1.82) is 0 Å². The lowest BCUT2D eigenvalue weighted by atomic mass is 10.7. The lowest BCUT2D eigenvalue weighted by Crippen LogP contribution is -1.99. The summed E-state index contributed by atoms with van der Waals surface area (Å²) in [6.45, 7) is 0. The second-order valence-electron chi connectivity index (χ2n) is 1.07. The van der Waals surface area contributed by atoms with Gasteiger partial charge in [-0.3, -0.25) is 0 Å². The normalized spacial score (nSPS) is 11.3. The van der Waals surface area contributed by atoms with Gasteiger partial charge in [0.25, 0.3) is 0 Å². The molecule has 0 aromatic heterocycles. The highest BCUT2D eigenvalue weighted by Gasteiger charge is 2.28. The van der Waals surface area contributed by atoms with Gasteiger partial charge < -0.3 is 0 Å². The fraction of sp³-hybridized carbons (Fsp3) is 0.333. The standard InChI is InChI=1S/C3F3I3/c4-1(2(5)6)3(7,8)9. The van der Waals surface area contributed by atoms with Crippen LogP contribution in [0.25, 0.3) is 0 Å². The van der Waals surface area contributed by atoms with E-state index < -0.39 is 11.3 Å². The number of halogens is 6. The minimum atomic E-state index is -2.24. The van der Waals surface area contributed by atoms with Crippen molar-refractivity contribution in [3.63, 3.8) is 0 Å². The predicted octanol–water partition coefficient (Wildman–Crippen LogP) is 4.02. The minimum absolute atomic E-state index is 1.15. The van der Waals surface area contributed by atoms with E-state index in [1.165, 1.54) is 0 Å². The van der Waals surface area contributed by atoms with E-state index in [1.54, 1.807) is 67.8 Å². The highest BCUT2D eigenvalue weighted by molar-refractivity contribution is 14.3. The van der Waals surface area contributed by atoms with Crippen LogP contribution in [0.15, 0.2) is 11.9 Å². The van der Waals surface area contributed by atoms with Crippen LogP contribution in [-0.4, -0.2) is -0.565 Å². The summed E-state index contributed by atoms with van der Waals surface area (Å²) in [5.74, 6) is -1.37. The van der Waals surface area contributed by atoms with Crippen molar-refractivity contribution in [2.24, 2.45) is 0 Å². The van der Waals surface area contributed by atoms with Gasteiger partial charge in [-0.25, -0.2) is 4.39 Å². The van der Waals surface area contributed by atoms with Crippen LogP contribution >= 0.6 is 67.8 Å². The van der Waals surface area contributed by atoms with E-state index in [9.17, 15) is 13.2 Å². The Hall–Kier alpha value is 1.72. The molecule has 9 heavy (non-hydrogen) atoms. The maximum atomic E-state index is 12.1. The molecule has 0 N–H and O–H groups in total. The van der Waals surface area contributed by atoms with Gasteiger partial charge in [-0.05, 0) is 67.8 Å². The molecule has 0 saturated heterocycles. The van der Waals surface area contributed by atoms with Gasteiger partial charge in [0.15, 0.2) is -0.565 Å². The van der Waals surface area contributed by atoms with E-state index in [4.69, 9.17) is 0 Å². The van der Waals surface area contributed by atoms with Crippen molar-refractivity contribution in [3.8, 4) is 0 Å². The molecule has 0 rings (SSSR count). The zero-order chi connectivity index (χ0) is 7.65. The maximum absolute atomic E-state index is 12.1. The SMILES string of the molecule is FC(F)=C(F)C(I)(I)I. The molecule has 0 heterocycles. The first-order chi connectivity index (χ1) is 3.85. The van der Waals surface area contributed by atoms with Crippen molar-refractivity contribution in [2.75, 3.05) is 0 Å². The summed E-state index contributed by atoms with van der Waals surface area (Å²) in [5, 5.41) is 0. The van der Waals surface area contributed by atoms with Gasteiger partial charge in [0.1, 0.15) is 0 Å². The van der Waals surface area contributed by atoms with Crippen molar-refractivity contribution in [3.05, 3.63) is 11.9 Å². The number of allylic oxidation sites excluding steroid dienone is 1. The Morgan fingerprint density at radius 2 is 1.33 bits per heavy atom. The summed E-state index contributed by atoms with van der Waals surface area (Å²) >= 11 is 4.73. The van der Waals surface area contributed by atoms with Gasteiger partial charge in [-0.2, -0.15) is 8.78 Å². The molecule has 0 aliphatic heterocycles. The Balaban J connectivity index is 4.40. The van der Waals surface area contributed by atoms with E-state index in [0.717, 1.165) is 0 Å². The molecule has 0 aromatic rings. The van der Waals surface area contributed by atoms with Crippen LogP contribution in [0.2, 0.25) is 0 Å². The molecule has 0 fully saturated rings. The monoisotopic (exact) mass is 474 g/mol. The molecular weight excluding hydrogens is 474 g/mol. The first-order valence-electron chi connectivity index (χ1n) is 1.63. The zero-order valence-corrected chi connectivity index (χ0v) is 10.2. The maximum Gasteiger partial charge on any atom is 0.304 e. The van der Waals surface area contributed by atoms with Gasteiger partial charge in [0, 0.05) is 0 Å². The lowest BCUT2D eigenvalue weighted by molar-refractivity contribution is 0.380. The predicted molar refractivity (Wildman–Crippen MR) is 55.1 cm³/mol. The third-order valence-electron chi connectivity index (χ3n) is 0.415. The minimum Gasteiger partial charge on any atom is -0.203 e. The van der Waals surface area contributed by atoms with Gasteiger partial charge >= 0.3 is 6.08 Å². The molecule has 6 heteroatoms. The van der Waals surface area contributed by atoms with Crippen molar-refractivity contribution in [1.82, 2.24) is 0 Å². The molecule has 0 aliphatic rings. The number of alkyl halides is 3. The van der Waals surface area contributed by atoms with Gasteiger partial charge in [0.05, 0.1) is 0 Å². The number of hydrogen-bond donors (Lipinski definition) is 0. The molecule has 0 amide bonds. The fourth-order valence-electron chi connectivity index (χ4n) is 0.107. The summed E-state index contributed by atoms with van der Waals surface area (Å²) in [5.41, 5.74) is 0. The fourth-order valence-corrected chi connectivity index (χ4v) is 0.719. The second-order valence-corrected chi connectivity index (χ2v) is 12.1. The molecule has 0 nitrogen and oxygen atoms in total. The van der Waals surface area contributed by atoms with Gasteiger partial charge in [0.2, 0.25) is 5.83 Å². The van der Waals surface area contributed by atoms with Crippen LogP contribution in [0.4, 0.5) is 13.2 Å². The summed E-state index contributed by atoms with van der Waals surface area (Å²) in [6.07, 6.45) is -2.24. The first-order valence-corrected chi connectivity index (χ1v) is 4.87. The van der Waals surface area contributed by atoms with Crippen LogP contribution in [0.5, 0.6) is 0 Å². The molecule has 0 aliphatic carbocycles. The number of hydrogen-bond acceptors (Lipinski definition) is 0. The number of rotatable bonds is 1. The Bertz CT molecular complexity index is 132. The van der Waals surface area contributed by atoms with Crippen LogP contribution in [-0.2, 0) is 0 Å². The van der Waals surface area contributed by atoms with Gasteiger partial charge in [-0.1, -0.05) is 0 Å². The Kier molecular flexibility index (Phi) is 4.68. The quantitative estimate of drug-likeness (QED) is 0.399. The average Bonchev–Trinajstić information content (AvgIpc) is 1.62. The molecular formula is C3F3I3. The third-order valence-corrected chi connectivity index (χ3v) is 1.84. The summed E-state index contributed by atoms with van der Waals surface area (Å²) in [6, 6.07) is 0. The van der Waals surface area contributed by atoms with Crippen molar-refractivity contribution < 1.29 is 13.2 Å². The smallest absolute Gasteiger partial charge is 0.203 e. The second kappa shape index (κ2) is 3.93. The molecule has 0 bridgehead atoms. The van der Waals surface area contributed by atoms with Crippen molar-refractivity contribution in [2.45, 2.75) is -0.565 Å². The molecule has 0 aromatic carbocycles. The molecule has 54 valence electrons. The van der Waals surface area contributed by atoms with E-state index >= 15 is 0 Å². The Morgan fingerprint density at radius 1 is 1.00 bits per heavy atom. The molecule has 0 atom stereocenters. The first kappa shape index (κ1) is 10.7. The molecule has 0 radical (unpaired) electrons.